The van der Waals surface area contributed by atoms with Gasteiger partial charge in [0.1, 0.15) is 0 Å². The molecule has 0 aliphatic carbocycles. The second kappa shape index (κ2) is 6.64. The minimum atomic E-state index is -2.49. The van der Waals surface area contributed by atoms with Gasteiger partial charge in [0.05, 0.1) is 13.2 Å². The quantitative estimate of drug-likeness (QED) is 0.505. The topological polar surface area (TPSA) is 40.0 Å². The van der Waals surface area contributed by atoms with Crippen LogP contribution in [0.4, 0.5) is 0 Å². The van der Waals surface area contributed by atoms with E-state index in [9.17, 15) is 0 Å². The maximum absolute atomic E-state index is 6.16. The van der Waals surface area contributed by atoms with Crippen LogP contribution in [0.25, 0.3) is 0 Å². The number of nitrogens with zero attached hydrogens (tertiary/aromatic N) is 1. The van der Waals surface area contributed by atoms with Gasteiger partial charge in [-0.05, 0) is 53.1 Å². The van der Waals surface area contributed by atoms with Crippen molar-refractivity contribution in [3.8, 4) is 0 Å². The van der Waals surface area contributed by atoms with Gasteiger partial charge in [-0.15, -0.1) is 0 Å². The largest absolute Gasteiger partial charge is 0.346 e. The van der Waals surface area contributed by atoms with Gasteiger partial charge in [0.2, 0.25) is 0 Å². The summed E-state index contributed by atoms with van der Waals surface area (Å²) in [5.74, 6) is 0. The van der Waals surface area contributed by atoms with Gasteiger partial charge in [-0.1, -0.05) is 0 Å². The predicted molar refractivity (Wildman–Crippen MR) is 80.4 cm³/mol. The molecule has 0 radical (unpaired) electrons. The second-order valence-electron chi connectivity index (χ2n) is 5.78. The fraction of sp³-hybridized carbons (Fsp3) is 1.00. The summed E-state index contributed by atoms with van der Waals surface area (Å²) in [5.41, 5.74) is 0. The molecule has 0 amide bonds. The molecule has 7 heteroatoms. The molecule has 0 saturated carbocycles. The van der Waals surface area contributed by atoms with E-state index in [4.69, 9.17) is 17.7 Å². The molecule has 0 atom stereocenters. The molecule has 17 heavy (non-hydrogen) atoms. The lowest BCUT2D eigenvalue weighted by atomic mass is 10.9. The van der Waals surface area contributed by atoms with Crippen molar-refractivity contribution in [1.82, 2.24) is 0 Å². The van der Waals surface area contributed by atoms with Gasteiger partial charge in [0.15, 0.2) is 16.6 Å². The molecular weight excluding hydrogens is 269 g/mol. The first-order chi connectivity index (χ1) is 7.54. The molecule has 0 bridgehead atoms. The van der Waals surface area contributed by atoms with E-state index in [0.717, 1.165) is 0 Å². The summed E-state index contributed by atoms with van der Waals surface area (Å²) in [6, 6.07) is 0. The van der Waals surface area contributed by atoms with Crippen molar-refractivity contribution in [2.75, 3.05) is 13.2 Å². The van der Waals surface area contributed by atoms with E-state index >= 15 is 0 Å². The van der Waals surface area contributed by atoms with Crippen LogP contribution in [0.5, 0.6) is 0 Å². The van der Waals surface area contributed by atoms with E-state index in [1.807, 2.05) is 13.8 Å². The average Bonchev–Trinajstić information content (AvgIpc) is 1.96. The Bertz CT molecular complexity index is 274. The zero-order valence-electron chi connectivity index (χ0n) is 12.5. The van der Waals surface area contributed by atoms with Gasteiger partial charge in [-0.3, -0.25) is 4.41 Å². The monoisotopic (exact) mass is 297 g/mol. The number of hydrogen-bond donors (Lipinski definition) is 0. The molecule has 0 aromatic rings. The molecular formula is C10H28NO3PSi2. The van der Waals surface area contributed by atoms with Crippen molar-refractivity contribution in [2.45, 2.75) is 53.1 Å². The minimum absolute atomic E-state index is 0.576. The van der Waals surface area contributed by atoms with Crippen molar-refractivity contribution in [2.24, 2.45) is 4.41 Å². The van der Waals surface area contributed by atoms with Gasteiger partial charge in [-0.2, -0.15) is 0 Å². The highest BCUT2D eigenvalue weighted by Crippen LogP contribution is 2.56. The van der Waals surface area contributed by atoms with Crippen LogP contribution in [0.2, 0.25) is 39.3 Å². The smallest absolute Gasteiger partial charge is 0.336 e. The fourth-order valence-corrected chi connectivity index (χ4v) is 9.06. The van der Waals surface area contributed by atoms with Crippen molar-refractivity contribution in [3.63, 3.8) is 0 Å². The van der Waals surface area contributed by atoms with Gasteiger partial charge >= 0.3 is 7.74 Å². The molecule has 0 spiro atoms. The summed E-state index contributed by atoms with van der Waals surface area (Å²) in [6.07, 6.45) is 0. The van der Waals surface area contributed by atoms with Crippen LogP contribution in [-0.2, 0) is 13.3 Å². The van der Waals surface area contributed by atoms with E-state index in [-0.39, 0.29) is 0 Å². The van der Waals surface area contributed by atoms with Crippen molar-refractivity contribution >= 4 is 24.3 Å². The first-order valence-corrected chi connectivity index (χ1v) is 14.5. The van der Waals surface area contributed by atoms with Crippen LogP contribution >= 0.6 is 7.74 Å². The van der Waals surface area contributed by atoms with Crippen LogP contribution in [0, 0.1) is 0 Å². The molecule has 0 aliphatic rings. The summed E-state index contributed by atoms with van der Waals surface area (Å²) < 4.78 is 22.6. The molecule has 0 heterocycles. The molecule has 0 rings (SSSR count). The molecule has 0 N–H and O–H groups in total. The highest BCUT2D eigenvalue weighted by molar-refractivity contribution is 7.54. The van der Waals surface area contributed by atoms with E-state index in [0.29, 0.717) is 13.2 Å². The maximum atomic E-state index is 6.16. The van der Waals surface area contributed by atoms with Gasteiger partial charge < -0.3 is 13.3 Å². The first-order valence-electron chi connectivity index (χ1n) is 6.17. The van der Waals surface area contributed by atoms with Crippen LogP contribution in [0.3, 0.4) is 0 Å². The Morgan fingerprint density at radius 1 is 0.882 bits per heavy atom. The third-order valence-electron chi connectivity index (χ3n) is 1.40. The predicted octanol–water partition coefficient (Wildman–Crippen LogP) is 4.69. The second-order valence-corrected chi connectivity index (χ2v) is 17.3. The molecule has 0 aromatic heterocycles. The Morgan fingerprint density at radius 3 is 1.53 bits per heavy atom. The average molecular weight is 297 g/mol. The van der Waals surface area contributed by atoms with Gasteiger partial charge in [0, 0.05) is 0 Å². The third-order valence-corrected chi connectivity index (χ3v) is 9.06. The van der Waals surface area contributed by atoms with Crippen molar-refractivity contribution in [3.05, 3.63) is 0 Å². The lowest BCUT2D eigenvalue weighted by Crippen LogP contribution is -2.27. The number of rotatable bonds is 7. The highest BCUT2D eigenvalue weighted by Gasteiger charge is 2.33. The Kier molecular flexibility index (Phi) is 6.85. The molecule has 0 aromatic carbocycles. The molecule has 0 saturated heterocycles. The third kappa shape index (κ3) is 8.29. The Balaban J connectivity index is 5.35. The van der Waals surface area contributed by atoms with Crippen LogP contribution in [0.15, 0.2) is 4.41 Å². The van der Waals surface area contributed by atoms with E-state index in [1.165, 1.54) is 0 Å². The first kappa shape index (κ1) is 17.5. The zero-order valence-corrected chi connectivity index (χ0v) is 15.4. The number of hydrogen-bond acceptors (Lipinski definition) is 4. The van der Waals surface area contributed by atoms with Crippen molar-refractivity contribution < 1.29 is 13.3 Å². The summed E-state index contributed by atoms with van der Waals surface area (Å²) >= 11 is 0. The van der Waals surface area contributed by atoms with Crippen molar-refractivity contribution in [1.29, 1.82) is 0 Å². The molecule has 4 nitrogen and oxygen atoms in total. The van der Waals surface area contributed by atoms with Gasteiger partial charge in [-0.25, -0.2) is 0 Å². The Morgan fingerprint density at radius 2 is 1.29 bits per heavy atom. The van der Waals surface area contributed by atoms with Crippen LogP contribution in [0.1, 0.15) is 13.8 Å². The molecule has 0 aliphatic heterocycles. The SMILES string of the molecule is CCOP(=N[Si](C)(C)C)(OCC)O[Si](C)(C)C. The summed E-state index contributed by atoms with van der Waals surface area (Å²) in [6.45, 7) is 18.0. The lowest BCUT2D eigenvalue weighted by Gasteiger charge is -2.31. The standard InChI is InChI=1S/C10H28NO3PSi2/c1-9-12-15(13-10-2,11-16(3,4)5)14-17(6,7)8/h9-10H2,1-8H3. The summed E-state index contributed by atoms with van der Waals surface area (Å²) in [4.78, 5) is 0. The van der Waals surface area contributed by atoms with E-state index in [2.05, 4.69) is 39.3 Å². The molecule has 0 unspecified atom stereocenters. The summed E-state index contributed by atoms with van der Waals surface area (Å²) in [7, 11) is -5.88. The highest BCUT2D eigenvalue weighted by atomic mass is 31.2. The lowest BCUT2D eigenvalue weighted by molar-refractivity contribution is 0.207. The molecule has 0 fully saturated rings. The fourth-order valence-electron chi connectivity index (χ4n) is 1.21. The maximum Gasteiger partial charge on any atom is 0.336 e. The van der Waals surface area contributed by atoms with Crippen LogP contribution < -0.4 is 0 Å². The van der Waals surface area contributed by atoms with Crippen LogP contribution in [-0.4, -0.2) is 29.8 Å². The summed E-state index contributed by atoms with van der Waals surface area (Å²) in [5, 5.41) is 0. The zero-order chi connectivity index (χ0) is 13.7. The minimum Gasteiger partial charge on any atom is -0.346 e. The van der Waals surface area contributed by atoms with Gasteiger partial charge in [0.25, 0.3) is 0 Å². The Hall–Kier alpha value is 0.544. The molecule has 104 valence electrons. The Labute approximate surface area is 109 Å². The van der Waals surface area contributed by atoms with E-state index in [1.54, 1.807) is 0 Å². The van der Waals surface area contributed by atoms with E-state index < -0.39 is 24.3 Å². The normalized spacial score (nSPS) is 13.9.